The van der Waals surface area contributed by atoms with E-state index < -0.39 is 0 Å². The summed E-state index contributed by atoms with van der Waals surface area (Å²) in [6, 6.07) is 10.0. The molecule has 0 saturated carbocycles. The van der Waals surface area contributed by atoms with Crippen LogP contribution in [0.15, 0.2) is 30.3 Å². The Morgan fingerprint density at radius 2 is 1.38 bits per heavy atom. The molecule has 4 heteroatoms. The van der Waals surface area contributed by atoms with Crippen molar-refractivity contribution in [2.75, 3.05) is 0 Å². The van der Waals surface area contributed by atoms with Gasteiger partial charge in [0.15, 0.2) is 0 Å². The van der Waals surface area contributed by atoms with Crippen LogP contribution < -0.4 is 71.9 Å². The predicted molar refractivity (Wildman–Crippen MR) is 42.3 cm³/mol. The van der Waals surface area contributed by atoms with Crippen LogP contribution in [0, 0.1) is 6.92 Å². The minimum Gasteiger partial charge on any atom is -1.00 e. The van der Waals surface area contributed by atoms with Crippen LogP contribution >= 0.6 is 0 Å². The molecule has 0 N–H and O–H groups in total. The van der Waals surface area contributed by atoms with Gasteiger partial charge in [-0.2, -0.15) is 24.6 Å². The second-order valence-electron chi connectivity index (χ2n) is 1.82. The summed E-state index contributed by atoms with van der Waals surface area (Å²) < 4.78 is 0. The minimum atomic E-state index is 0. The van der Waals surface area contributed by atoms with Gasteiger partial charge in [0, 0.05) is 0 Å². The Morgan fingerprint density at radius 1 is 1.08 bits per heavy atom. The first-order chi connectivity index (χ1) is 4.41. The molecule has 0 aliphatic rings. The first-order valence-electron chi connectivity index (χ1n) is 3.37. The molecule has 1 aromatic rings. The van der Waals surface area contributed by atoms with Gasteiger partial charge in [0.25, 0.3) is 0 Å². The normalized spacial score (nSPS) is 5.38. The average Bonchev–Trinajstić information content (AvgIpc) is 2.43. The standard InChI is InChI=1S/C5H5.C4H9.3HI.Zr/c1-2-4-5-3-1;1-3-4-2;;;;/h1-5H;1,3-4H2,2H3;3*1H;/q2*-1;;;;+3/p-3. The molecule has 77 valence electrons. The predicted octanol–water partition coefficient (Wildman–Crippen LogP) is -5.96. The van der Waals surface area contributed by atoms with Crippen LogP contribution in [-0.2, 0) is 26.2 Å². The number of hydrogen-bond donors (Lipinski definition) is 0. The van der Waals surface area contributed by atoms with Crippen LogP contribution in [0.1, 0.15) is 19.8 Å². The van der Waals surface area contributed by atoms with E-state index in [2.05, 4.69) is 13.8 Å². The second-order valence-corrected chi connectivity index (χ2v) is 1.82. The van der Waals surface area contributed by atoms with E-state index in [9.17, 15) is 0 Å². The molecule has 13 heavy (non-hydrogen) atoms. The number of hydrogen-bond acceptors (Lipinski definition) is 0. The summed E-state index contributed by atoms with van der Waals surface area (Å²) >= 11 is 0. The Balaban J connectivity index is -0.0000000256. The van der Waals surface area contributed by atoms with Gasteiger partial charge in [-0.3, -0.25) is 0 Å². The van der Waals surface area contributed by atoms with Crippen LogP contribution in [0.25, 0.3) is 0 Å². The SMILES string of the molecule is [CH2-]CCC.[I-].[I-].[I-].[Zr+3].c1cc[cH-]c1. The summed E-state index contributed by atoms with van der Waals surface area (Å²) in [6.45, 7) is 5.72. The fourth-order valence-corrected chi connectivity index (χ4v) is 0.321. The largest absolute Gasteiger partial charge is 3.00 e. The van der Waals surface area contributed by atoms with Gasteiger partial charge in [0.1, 0.15) is 0 Å². The Hall–Kier alpha value is 2.42. The molecule has 1 aromatic carbocycles. The molecule has 0 heterocycles. The van der Waals surface area contributed by atoms with Gasteiger partial charge in [-0.25, -0.2) is 12.1 Å². The first kappa shape index (κ1) is 29.5. The monoisotopic (exact) mass is 593 g/mol. The van der Waals surface area contributed by atoms with Crippen molar-refractivity contribution in [3.05, 3.63) is 37.3 Å². The number of rotatable bonds is 1. The van der Waals surface area contributed by atoms with E-state index in [1.807, 2.05) is 30.3 Å². The van der Waals surface area contributed by atoms with Crippen LogP contribution in [-0.4, -0.2) is 0 Å². The Labute approximate surface area is 153 Å². The minimum absolute atomic E-state index is 0. The molecular formula is C9H14I3Zr-2. The summed E-state index contributed by atoms with van der Waals surface area (Å²) in [6.07, 6.45) is 2.28. The Kier molecular flexibility index (Phi) is 66.5. The van der Waals surface area contributed by atoms with Crippen molar-refractivity contribution in [3.63, 3.8) is 0 Å². The zero-order chi connectivity index (χ0) is 6.95. The molecule has 1 rings (SSSR count). The van der Waals surface area contributed by atoms with Gasteiger partial charge in [0.05, 0.1) is 0 Å². The fraction of sp³-hybridized carbons (Fsp3) is 0.333. The van der Waals surface area contributed by atoms with Crippen LogP contribution in [0.2, 0.25) is 0 Å². The molecule has 0 amide bonds. The van der Waals surface area contributed by atoms with Crippen LogP contribution in [0.3, 0.4) is 0 Å². The maximum absolute atomic E-state index is 3.60. The molecule has 0 unspecified atom stereocenters. The van der Waals surface area contributed by atoms with E-state index in [-0.39, 0.29) is 98.1 Å². The van der Waals surface area contributed by atoms with Gasteiger partial charge in [-0.05, 0) is 0 Å². The molecule has 0 nitrogen and oxygen atoms in total. The van der Waals surface area contributed by atoms with Crippen LogP contribution in [0.4, 0.5) is 0 Å². The summed E-state index contributed by atoms with van der Waals surface area (Å²) in [4.78, 5) is 0. The Bertz CT molecular complexity index is 90.4. The van der Waals surface area contributed by atoms with Crippen molar-refractivity contribution in [3.8, 4) is 0 Å². The van der Waals surface area contributed by atoms with Crippen molar-refractivity contribution in [2.24, 2.45) is 0 Å². The van der Waals surface area contributed by atoms with Crippen molar-refractivity contribution in [1.82, 2.24) is 0 Å². The third-order valence-electron chi connectivity index (χ3n) is 0.909. The van der Waals surface area contributed by atoms with E-state index in [1.54, 1.807) is 0 Å². The van der Waals surface area contributed by atoms with Gasteiger partial charge in [-0.15, -0.1) is 0 Å². The summed E-state index contributed by atoms with van der Waals surface area (Å²) in [5.74, 6) is 0. The summed E-state index contributed by atoms with van der Waals surface area (Å²) in [7, 11) is 0. The molecule has 0 saturated heterocycles. The third kappa shape index (κ3) is 31.4. The smallest absolute Gasteiger partial charge is 1.00 e. The molecule has 0 fully saturated rings. The molecule has 0 aromatic heterocycles. The second kappa shape index (κ2) is 29.3. The van der Waals surface area contributed by atoms with Crippen molar-refractivity contribution in [2.45, 2.75) is 19.8 Å². The van der Waals surface area contributed by atoms with E-state index in [1.165, 1.54) is 6.42 Å². The quantitative estimate of drug-likeness (QED) is 0.225. The van der Waals surface area contributed by atoms with E-state index in [4.69, 9.17) is 0 Å². The van der Waals surface area contributed by atoms with Crippen molar-refractivity contribution in [1.29, 1.82) is 0 Å². The van der Waals surface area contributed by atoms with Gasteiger partial charge < -0.3 is 78.9 Å². The Morgan fingerprint density at radius 3 is 1.46 bits per heavy atom. The summed E-state index contributed by atoms with van der Waals surface area (Å²) in [5, 5.41) is 0. The molecule has 1 radical (unpaired) electrons. The average molecular weight is 594 g/mol. The van der Waals surface area contributed by atoms with E-state index in [0.717, 1.165) is 6.42 Å². The fourth-order valence-electron chi connectivity index (χ4n) is 0.321. The van der Waals surface area contributed by atoms with Crippen LogP contribution in [0.5, 0.6) is 0 Å². The molecule has 0 atom stereocenters. The molecule has 0 aliphatic heterocycles. The maximum atomic E-state index is 3.60. The third-order valence-corrected chi connectivity index (χ3v) is 0.909. The van der Waals surface area contributed by atoms with Crippen molar-refractivity contribution >= 4 is 0 Å². The van der Waals surface area contributed by atoms with Gasteiger partial charge in [-0.1, -0.05) is 13.3 Å². The molecule has 0 aliphatic carbocycles. The maximum Gasteiger partial charge on any atom is 3.00 e. The molecule has 0 bridgehead atoms. The molecular weight excluding hydrogens is 580 g/mol. The van der Waals surface area contributed by atoms with Crippen molar-refractivity contribution < 1.29 is 98.1 Å². The molecule has 0 spiro atoms. The zero-order valence-electron chi connectivity index (χ0n) is 7.64. The topological polar surface area (TPSA) is 0 Å². The van der Waals surface area contributed by atoms with E-state index in [0.29, 0.717) is 0 Å². The number of unbranched alkanes of at least 4 members (excludes halogenated alkanes) is 1. The first-order valence-corrected chi connectivity index (χ1v) is 3.37. The zero-order valence-corrected chi connectivity index (χ0v) is 16.6. The van der Waals surface area contributed by atoms with E-state index >= 15 is 0 Å². The number of halogens is 3. The summed E-state index contributed by atoms with van der Waals surface area (Å²) in [5.41, 5.74) is 0. The van der Waals surface area contributed by atoms with Gasteiger partial charge >= 0.3 is 26.2 Å². The van der Waals surface area contributed by atoms with Gasteiger partial charge in [0.2, 0.25) is 0 Å².